The second kappa shape index (κ2) is 13.8. The van der Waals surface area contributed by atoms with Crippen LogP contribution in [0.1, 0.15) is 50.2 Å². The number of nitrogens with one attached hydrogen (secondary N) is 2. The van der Waals surface area contributed by atoms with Crippen molar-refractivity contribution in [1.29, 1.82) is 0 Å². The molecule has 0 bridgehead atoms. The number of esters is 1. The van der Waals surface area contributed by atoms with E-state index in [0.29, 0.717) is 35.2 Å². The van der Waals surface area contributed by atoms with Crippen molar-refractivity contribution in [2.45, 2.75) is 46.0 Å². The molecule has 8 nitrogen and oxygen atoms in total. The summed E-state index contributed by atoms with van der Waals surface area (Å²) >= 11 is 0. The van der Waals surface area contributed by atoms with Crippen LogP contribution in [0, 0.1) is 6.92 Å². The summed E-state index contributed by atoms with van der Waals surface area (Å²) in [6.07, 6.45) is 0.481. The van der Waals surface area contributed by atoms with Crippen molar-refractivity contribution in [2.24, 2.45) is 0 Å². The molecule has 0 spiro atoms. The second-order valence-corrected chi connectivity index (χ2v) is 9.16. The lowest BCUT2D eigenvalue weighted by Crippen LogP contribution is -2.21. The molecule has 0 aliphatic carbocycles. The van der Waals surface area contributed by atoms with E-state index < -0.39 is 18.5 Å². The van der Waals surface area contributed by atoms with Crippen LogP contribution < -0.4 is 20.1 Å². The minimum Gasteiger partial charge on any atom is -0.497 e. The Morgan fingerprint density at radius 3 is 2.00 bits per heavy atom. The summed E-state index contributed by atoms with van der Waals surface area (Å²) in [5.41, 5.74) is 3.45. The number of rotatable bonds is 12. The van der Waals surface area contributed by atoms with Gasteiger partial charge in [-0.15, -0.1) is 0 Å². The van der Waals surface area contributed by atoms with Crippen LogP contribution in [0.5, 0.6) is 17.2 Å². The molecule has 0 saturated carbocycles. The average molecular weight is 519 g/mol. The Morgan fingerprint density at radius 1 is 0.789 bits per heavy atom. The number of hydrogen-bond acceptors (Lipinski definition) is 6. The van der Waals surface area contributed by atoms with E-state index >= 15 is 0 Å². The number of methoxy groups -OCH3 is 1. The minimum absolute atomic E-state index is 0.0324. The number of benzene rings is 3. The largest absolute Gasteiger partial charge is 0.497 e. The zero-order valence-corrected chi connectivity index (χ0v) is 22.2. The summed E-state index contributed by atoms with van der Waals surface area (Å²) in [6.45, 7) is 5.87. The van der Waals surface area contributed by atoms with Gasteiger partial charge in [0.15, 0.2) is 6.61 Å². The molecule has 38 heavy (non-hydrogen) atoms. The van der Waals surface area contributed by atoms with Gasteiger partial charge in [-0.2, -0.15) is 0 Å². The van der Waals surface area contributed by atoms with E-state index in [4.69, 9.17) is 14.2 Å². The molecule has 8 heteroatoms. The molecule has 200 valence electrons. The minimum atomic E-state index is -0.541. The summed E-state index contributed by atoms with van der Waals surface area (Å²) in [4.78, 5) is 36.2. The second-order valence-electron chi connectivity index (χ2n) is 9.16. The molecule has 0 saturated heterocycles. The van der Waals surface area contributed by atoms with Gasteiger partial charge in [0.1, 0.15) is 17.2 Å². The number of aryl methyl sites for hydroxylation is 1. The van der Waals surface area contributed by atoms with E-state index in [0.717, 1.165) is 16.9 Å². The van der Waals surface area contributed by atoms with E-state index in [-0.39, 0.29) is 18.7 Å². The van der Waals surface area contributed by atoms with Gasteiger partial charge < -0.3 is 24.8 Å². The van der Waals surface area contributed by atoms with Crippen molar-refractivity contribution in [3.63, 3.8) is 0 Å². The van der Waals surface area contributed by atoms with Gasteiger partial charge in [0, 0.05) is 24.2 Å². The third kappa shape index (κ3) is 8.96. The number of hydrogen-bond donors (Lipinski definition) is 2. The predicted octanol–water partition coefficient (Wildman–Crippen LogP) is 6.21. The fourth-order valence-corrected chi connectivity index (χ4v) is 3.65. The molecule has 0 radical (unpaired) electrons. The first-order chi connectivity index (χ1) is 18.2. The highest BCUT2D eigenvalue weighted by Crippen LogP contribution is 2.32. The summed E-state index contributed by atoms with van der Waals surface area (Å²) in [7, 11) is 1.55. The molecule has 3 rings (SSSR count). The van der Waals surface area contributed by atoms with Crippen LogP contribution in [-0.2, 0) is 19.1 Å². The Labute approximate surface area is 223 Å². The maximum atomic E-state index is 12.3. The predicted molar refractivity (Wildman–Crippen MR) is 147 cm³/mol. The van der Waals surface area contributed by atoms with E-state index in [1.807, 2.05) is 13.0 Å². The molecule has 0 atom stereocenters. The topological polar surface area (TPSA) is 103 Å². The third-order valence-corrected chi connectivity index (χ3v) is 5.68. The van der Waals surface area contributed by atoms with E-state index in [2.05, 4.69) is 36.6 Å². The van der Waals surface area contributed by atoms with Crippen molar-refractivity contribution >= 4 is 29.2 Å². The van der Waals surface area contributed by atoms with Crippen LogP contribution in [0.2, 0.25) is 0 Å². The highest BCUT2D eigenvalue weighted by atomic mass is 16.5. The molecule has 3 aromatic rings. The first-order valence-electron chi connectivity index (χ1n) is 12.5. The molecule has 0 heterocycles. The number of anilines is 2. The highest BCUT2D eigenvalue weighted by molar-refractivity contribution is 5.93. The first-order valence-corrected chi connectivity index (χ1v) is 12.5. The van der Waals surface area contributed by atoms with E-state index in [1.165, 1.54) is 0 Å². The Morgan fingerprint density at radius 2 is 1.39 bits per heavy atom. The summed E-state index contributed by atoms with van der Waals surface area (Å²) in [5, 5.41) is 5.44. The Kier molecular flexibility index (Phi) is 10.3. The molecule has 3 aromatic carbocycles. The standard InChI is InChI=1S/C30H34N2O6/c1-20(2)26-17-8-21(3)18-27(26)38-25-15-11-22(12-16-25)31-28(33)6-5-7-30(35)37-19-29(34)32-23-9-13-24(36-4)14-10-23/h8-18,20H,5-7,19H2,1-4H3,(H,31,33)(H,32,34). The van der Waals surface area contributed by atoms with Gasteiger partial charge in [0.25, 0.3) is 5.91 Å². The van der Waals surface area contributed by atoms with Crippen molar-refractivity contribution in [3.8, 4) is 17.2 Å². The third-order valence-electron chi connectivity index (χ3n) is 5.68. The molecule has 0 aliphatic heterocycles. The van der Waals surface area contributed by atoms with Crippen molar-refractivity contribution in [3.05, 3.63) is 77.9 Å². The molecule has 2 N–H and O–H groups in total. The van der Waals surface area contributed by atoms with E-state index in [1.54, 1.807) is 55.6 Å². The number of carbonyl (C=O) groups excluding carboxylic acids is 3. The maximum Gasteiger partial charge on any atom is 0.306 e. The van der Waals surface area contributed by atoms with Gasteiger partial charge >= 0.3 is 5.97 Å². The quantitative estimate of drug-likeness (QED) is 0.276. The Balaban J connectivity index is 1.37. The monoisotopic (exact) mass is 518 g/mol. The lowest BCUT2D eigenvalue weighted by atomic mass is 10.0. The van der Waals surface area contributed by atoms with Gasteiger partial charge in [-0.05, 0) is 85.0 Å². The van der Waals surface area contributed by atoms with Gasteiger partial charge in [-0.3, -0.25) is 14.4 Å². The molecule has 0 aromatic heterocycles. The zero-order valence-electron chi connectivity index (χ0n) is 22.2. The molecule has 0 unspecified atom stereocenters. The van der Waals surface area contributed by atoms with Crippen LogP contribution in [-0.4, -0.2) is 31.5 Å². The molecular formula is C30H34N2O6. The lowest BCUT2D eigenvalue weighted by molar-refractivity contribution is -0.147. The Bertz CT molecular complexity index is 1240. The smallest absolute Gasteiger partial charge is 0.306 e. The molecular weight excluding hydrogens is 484 g/mol. The molecule has 0 aliphatic rings. The summed E-state index contributed by atoms with van der Waals surface area (Å²) < 4.78 is 16.1. The van der Waals surface area contributed by atoms with Gasteiger partial charge in [0.05, 0.1) is 7.11 Å². The van der Waals surface area contributed by atoms with E-state index in [9.17, 15) is 14.4 Å². The van der Waals surface area contributed by atoms with Gasteiger partial charge in [-0.1, -0.05) is 26.0 Å². The van der Waals surface area contributed by atoms with Crippen molar-refractivity contribution in [1.82, 2.24) is 0 Å². The normalized spacial score (nSPS) is 10.6. The maximum absolute atomic E-state index is 12.3. The number of ether oxygens (including phenoxy) is 3. The van der Waals surface area contributed by atoms with Gasteiger partial charge in [0.2, 0.25) is 5.91 Å². The van der Waals surface area contributed by atoms with Crippen molar-refractivity contribution in [2.75, 3.05) is 24.4 Å². The number of carbonyl (C=O) groups is 3. The summed E-state index contributed by atoms with van der Waals surface area (Å²) in [5.74, 6) is 1.29. The van der Waals surface area contributed by atoms with Crippen LogP contribution >= 0.6 is 0 Å². The van der Waals surface area contributed by atoms with Crippen LogP contribution in [0.4, 0.5) is 11.4 Å². The first kappa shape index (κ1) is 28.2. The van der Waals surface area contributed by atoms with Crippen molar-refractivity contribution < 1.29 is 28.6 Å². The van der Waals surface area contributed by atoms with Crippen LogP contribution in [0.3, 0.4) is 0 Å². The highest BCUT2D eigenvalue weighted by Gasteiger charge is 2.11. The molecule has 2 amide bonds. The van der Waals surface area contributed by atoms with Crippen LogP contribution in [0.15, 0.2) is 66.7 Å². The van der Waals surface area contributed by atoms with Crippen LogP contribution in [0.25, 0.3) is 0 Å². The number of amides is 2. The fraction of sp³-hybridized carbons (Fsp3) is 0.300. The summed E-state index contributed by atoms with van der Waals surface area (Å²) in [6, 6.07) is 20.1. The SMILES string of the molecule is COc1ccc(NC(=O)COC(=O)CCCC(=O)Nc2ccc(Oc3cc(C)ccc3C(C)C)cc2)cc1. The van der Waals surface area contributed by atoms with Gasteiger partial charge in [-0.25, -0.2) is 0 Å². The lowest BCUT2D eigenvalue weighted by Gasteiger charge is -2.15. The zero-order chi connectivity index (χ0) is 27.5. The molecule has 0 fully saturated rings. The fourth-order valence-electron chi connectivity index (χ4n) is 3.65. The Hall–Kier alpha value is -4.33. The average Bonchev–Trinajstić information content (AvgIpc) is 2.89.